The fourth-order valence-corrected chi connectivity index (χ4v) is 4.26. The molecule has 2 aromatic carbocycles. The topological polar surface area (TPSA) is 62.2 Å². The van der Waals surface area contributed by atoms with Crippen molar-refractivity contribution in [2.24, 2.45) is 0 Å². The van der Waals surface area contributed by atoms with Crippen LogP contribution in [0.3, 0.4) is 0 Å². The predicted molar refractivity (Wildman–Crippen MR) is 103 cm³/mol. The average Bonchev–Trinajstić information content (AvgIpc) is 3.11. The van der Waals surface area contributed by atoms with E-state index in [2.05, 4.69) is 28.5 Å². The molecule has 1 aromatic heterocycles. The minimum Gasteiger partial charge on any atom is -0.508 e. The second-order valence-corrected chi connectivity index (χ2v) is 7.44. The summed E-state index contributed by atoms with van der Waals surface area (Å²) in [6.07, 6.45) is 3.46. The SMILES string of the molecule is O=C(Cc1csc(-c2ccc(O)cc2)n1)N[C@H]1CCCc2ccccc21. The van der Waals surface area contributed by atoms with Crippen molar-refractivity contribution >= 4 is 17.2 Å². The van der Waals surface area contributed by atoms with Crippen LogP contribution >= 0.6 is 11.3 Å². The Balaban J connectivity index is 1.42. The highest BCUT2D eigenvalue weighted by atomic mass is 32.1. The highest BCUT2D eigenvalue weighted by Crippen LogP contribution is 2.30. The molecule has 0 spiro atoms. The van der Waals surface area contributed by atoms with Crippen molar-refractivity contribution in [2.45, 2.75) is 31.7 Å². The zero-order chi connectivity index (χ0) is 17.9. The van der Waals surface area contributed by atoms with E-state index in [1.54, 1.807) is 12.1 Å². The molecule has 0 unspecified atom stereocenters. The highest BCUT2D eigenvalue weighted by molar-refractivity contribution is 7.13. The van der Waals surface area contributed by atoms with Gasteiger partial charge in [-0.15, -0.1) is 11.3 Å². The largest absolute Gasteiger partial charge is 0.508 e. The number of aromatic nitrogens is 1. The Bertz CT molecular complexity index is 918. The summed E-state index contributed by atoms with van der Waals surface area (Å²) in [5.41, 5.74) is 4.31. The molecule has 0 saturated heterocycles. The number of fused-ring (bicyclic) bond motifs is 1. The number of nitrogens with one attached hydrogen (secondary N) is 1. The standard InChI is InChI=1S/C21H20N2O2S/c24-17-10-8-15(9-11-17)21-22-16(13-26-21)12-20(25)23-19-7-3-5-14-4-1-2-6-18(14)19/h1-2,4,6,8-11,13,19,24H,3,5,7,12H2,(H,23,25)/t19-/m0/s1. The molecule has 3 aromatic rings. The van der Waals surface area contributed by atoms with Crippen LogP contribution in [0.5, 0.6) is 5.75 Å². The molecule has 0 saturated carbocycles. The average molecular weight is 364 g/mol. The van der Waals surface area contributed by atoms with Gasteiger partial charge in [0.05, 0.1) is 18.2 Å². The van der Waals surface area contributed by atoms with Crippen LogP contribution in [-0.2, 0) is 17.6 Å². The van der Waals surface area contributed by atoms with E-state index in [4.69, 9.17) is 0 Å². The molecule has 26 heavy (non-hydrogen) atoms. The third kappa shape index (κ3) is 3.63. The smallest absolute Gasteiger partial charge is 0.226 e. The molecule has 0 bridgehead atoms. The minimum absolute atomic E-state index is 0.00857. The molecule has 2 N–H and O–H groups in total. The van der Waals surface area contributed by atoms with Gasteiger partial charge in [-0.1, -0.05) is 24.3 Å². The number of aromatic hydroxyl groups is 1. The van der Waals surface area contributed by atoms with Crippen molar-refractivity contribution in [1.82, 2.24) is 10.3 Å². The molecule has 1 atom stereocenters. The summed E-state index contributed by atoms with van der Waals surface area (Å²) in [6, 6.07) is 15.4. The maximum atomic E-state index is 12.5. The van der Waals surface area contributed by atoms with E-state index < -0.39 is 0 Å². The van der Waals surface area contributed by atoms with Gasteiger partial charge < -0.3 is 10.4 Å². The Kier molecular flexibility index (Phi) is 4.71. The maximum Gasteiger partial charge on any atom is 0.226 e. The number of phenols is 1. The number of aryl methyl sites for hydroxylation is 1. The number of benzene rings is 2. The van der Waals surface area contributed by atoms with Crippen molar-refractivity contribution in [2.75, 3.05) is 0 Å². The van der Waals surface area contributed by atoms with Gasteiger partial charge in [0.25, 0.3) is 0 Å². The van der Waals surface area contributed by atoms with E-state index in [9.17, 15) is 9.90 Å². The Morgan fingerprint density at radius 2 is 2.00 bits per heavy atom. The second-order valence-electron chi connectivity index (χ2n) is 6.58. The third-order valence-corrected chi connectivity index (χ3v) is 5.65. The lowest BCUT2D eigenvalue weighted by Crippen LogP contribution is -2.32. The van der Waals surface area contributed by atoms with E-state index in [0.717, 1.165) is 35.5 Å². The van der Waals surface area contributed by atoms with Crippen LogP contribution in [0.4, 0.5) is 0 Å². The highest BCUT2D eigenvalue weighted by Gasteiger charge is 2.21. The number of carbonyl (C=O) groups excluding carboxylic acids is 1. The van der Waals surface area contributed by atoms with Gasteiger partial charge in [-0.3, -0.25) is 4.79 Å². The van der Waals surface area contributed by atoms with Crippen LogP contribution in [0.15, 0.2) is 53.9 Å². The Morgan fingerprint density at radius 1 is 1.19 bits per heavy atom. The summed E-state index contributed by atoms with van der Waals surface area (Å²) in [4.78, 5) is 17.1. The molecular weight excluding hydrogens is 344 g/mol. The molecule has 0 fully saturated rings. The minimum atomic E-state index is 0.00857. The molecule has 4 nitrogen and oxygen atoms in total. The van der Waals surface area contributed by atoms with Crippen LogP contribution in [0.2, 0.25) is 0 Å². The van der Waals surface area contributed by atoms with Gasteiger partial charge in [0, 0.05) is 10.9 Å². The van der Waals surface area contributed by atoms with E-state index in [1.165, 1.54) is 22.5 Å². The van der Waals surface area contributed by atoms with Crippen molar-refractivity contribution in [3.63, 3.8) is 0 Å². The first kappa shape index (κ1) is 16.8. The summed E-state index contributed by atoms with van der Waals surface area (Å²) in [6.45, 7) is 0. The molecule has 1 amide bonds. The maximum absolute atomic E-state index is 12.5. The molecule has 4 rings (SSSR count). The van der Waals surface area contributed by atoms with E-state index in [-0.39, 0.29) is 24.1 Å². The second kappa shape index (κ2) is 7.30. The Morgan fingerprint density at radius 3 is 2.85 bits per heavy atom. The summed E-state index contributed by atoms with van der Waals surface area (Å²) < 4.78 is 0. The number of hydrogen-bond acceptors (Lipinski definition) is 4. The summed E-state index contributed by atoms with van der Waals surface area (Å²) in [5, 5.41) is 15.3. The van der Waals surface area contributed by atoms with E-state index in [0.29, 0.717) is 0 Å². The number of nitrogens with zero attached hydrogens (tertiary/aromatic N) is 1. The number of hydrogen-bond donors (Lipinski definition) is 2. The first-order chi connectivity index (χ1) is 12.7. The van der Waals surface area contributed by atoms with Crippen molar-refractivity contribution in [3.05, 3.63) is 70.7 Å². The zero-order valence-electron chi connectivity index (χ0n) is 14.3. The van der Waals surface area contributed by atoms with Gasteiger partial charge in [-0.2, -0.15) is 0 Å². The lowest BCUT2D eigenvalue weighted by Gasteiger charge is -2.26. The quantitative estimate of drug-likeness (QED) is 0.727. The van der Waals surface area contributed by atoms with Crippen LogP contribution < -0.4 is 5.32 Å². The van der Waals surface area contributed by atoms with E-state index in [1.807, 2.05) is 23.6 Å². The normalized spacial score (nSPS) is 16.1. The summed E-state index contributed by atoms with van der Waals surface area (Å²) in [5.74, 6) is 0.243. The van der Waals surface area contributed by atoms with Gasteiger partial charge in [-0.05, 0) is 54.7 Å². The number of phenolic OH excluding ortho intramolecular Hbond substituents is 1. The Hall–Kier alpha value is -2.66. The van der Waals surface area contributed by atoms with Crippen LogP contribution in [0.25, 0.3) is 10.6 Å². The van der Waals surface area contributed by atoms with Crippen LogP contribution in [-0.4, -0.2) is 16.0 Å². The number of carbonyl (C=O) groups is 1. The zero-order valence-corrected chi connectivity index (χ0v) is 15.1. The molecule has 1 heterocycles. The number of rotatable bonds is 4. The fraction of sp³-hybridized carbons (Fsp3) is 0.238. The van der Waals surface area contributed by atoms with Gasteiger partial charge in [0.15, 0.2) is 0 Å². The Labute approximate surface area is 156 Å². The predicted octanol–water partition coefficient (Wildman–Crippen LogP) is 4.25. The first-order valence-electron chi connectivity index (χ1n) is 8.80. The van der Waals surface area contributed by atoms with Gasteiger partial charge in [0.1, 0.15) is 10.8 Å². The summed E-state index contributed by atoms with van der Waals surface area (Å²) >= 11 is 1.51. The fourth-order valence-electron chi connectivity index (χ4n) is 3.44. The molecule has 1 aliphatic rings. The van der Waals surface area contributed by atoms with E-state index >= 15 is 0 Å². The molecule has 132 valence electrons. The first-order valence-corrected chi connectivity index (χ1v) is 9.68. The van der Waals surface area contributed by atoms with Crippen LogP contribution in [0, 0.1) is 0 Å². The van der Waals surface area contributed by atoms with Crippen molar-refractivity contribution in [3.8, 4) is 16.3 Å². The number of thiazole rings is 1. The van der Waals surface area contributed by atoms with Crippen molar-refractivity contribution < 1.29 is 9.90 Å². The molecule has 5 heteroatoms. The van der Waals surface area contributed by atoms with Gasteiger partial charge in [-0.25, -0.2) is 4.98 Å². The summed E-state index contributed by atoms with van der Waals surface area (Å²) in [7, 11) is 0. The lowest BCUT2D eigenvalue weighted by atomic mass is 9.87. The van der Waals surface area contributed by atoms with Gasteiger partial charge >= 0.3 is 0 Å². The monoisotopic (exact) mass is 364 g/mol. The molecular formula is C21H20N2O2S. The third-order valence-electron chi connectivity index (χ3n) is 4.71. The van der Waals surface area contributed by atoms with Crippen LogP contribution in [0.1, 0.15) is 35.7 Å². The molecule has 0 radical (unpaired) electrons. The molecule has 1 aliphatic carbocycles. The lowest BCUT2D eigenvalue weighted by molar-refractivity contribution is -0.121. The van der Waals surface area contributed by atoms with Gasteiger partial charge in [0.2, 0.25) is 5.91 Å². The number of amides is 1. The van der Waals surface area contributed by atoms with Crippen molar-refractivity contribution in [1.29, 1.82) is 0 Å². The molecule has 0 aliphatic heterocycles.